The number of aryl methyl sites for hydroxylation is 1. The summed E-state index contributed by atoms with van der Waals surface area (Å²) in [5.74, 6) is 0.525. The smallest absolute Gasteiger partial charge is 0.132 e. The molecule has 1 atom stereocenters. The Bertz CT molecular complexity index is 583. The lowest BCUT2D eigenvalue weighted by Gasteiger charge is -2.00. The molecule has 0 bridgehead atoms. The monoisotopic (exact) mass is 236 g/mol. The van der Waals surface area contributed by atoms with E-state index in [9.17, 15) is 4.21 Å². The van der Waals surface area contributed by atoms with Crippen molar-refractivity contribution >= 4 is 31.7 Å². The molecule has 0 fully saturated rings. The van der Waals surface area contributed by atoms with Crippen LogP contribution in [0.3, 0.4) is 0 Å². The van der Waals surface area contributed by atoms with Crippen LogP contribution in [0, 0.1) is 6.92 Å². The van der Waals surface area contributed by atoms with Crippen molar-refractivity contribution < 1.29 is 4.21 Å². The van der Waals surface area contributed by atoms with Gasteiger partial charge in [-0.15, -0.1) is 0 Å². The highest BCUT2D eigenvalue weighted by atomic mass is 33.1. The van der Waals surface area contributed by atoms with Crippen LogP contribution in [-0.4, -0.2) is 14.2 Å². The van der Waals surface area contributed by atoms with Gasteiger partial charge in [-0.05, 0) is 35.4 Å². The number of benzene rings is 1. The molecule has 0 N–H and O–H groups in total. The summed E-state index contributed by atoms with van der Waals surface area (Å²) >= 11 is 0. The molecule has 15 heavy (non-hydrogen) atoms. The number of aromatic nitrogens is 2. The molecule has 2 aromatic rings. The predicted molar refractivity (Wildman–Crippen MR) is 62.0 cm³/mol. The normalized spacial score (nSPS) is 19.4. The third kappa shape index (κ3) is 1.55. The van der Waals surface area contributed by atoms with Crippen molar-refractivity contribution in [3.8, 4) is 0 Å². The SMILES string of the molecule is Cc1ccc2nc3c(nc2c1)CS(=O)S3. The van der Waals surface area contributed by atoms with Gasteiger partial charge in [0.05, 0.1) is 32.3 Å². The van der Waals surface area contributed by atoms with Gasteiger partial charge in [0.2, 0.25) is 0 Å². The summed E-state index contributed by atoms with van der Waals surface area (Å²) in [5.41, 5.74) is 3.82. The van der Waals surface area contributed by atoms with Crippen molar-refractivity contribution in [3.63, 3.8) is 0 Å². The molecule has 0 radical (unpaired) electrons. The molecule has 76 valence electrons. The third-order valence-electron chi connectivity index (χ3n) is 2.28. The van der Waals surface area contributed by atoms with Crippen LogP contribution >= 0.6 is 10.8 Å². The maximum atomic E-state index is 11.3. The standard InChI is InChI=1S/C10H8N2OS2/c1-6-2-3-7-8(4-6)11-9-5-15(13)14-10(9)12-7/h2-4H,5H2,1H3. The van der Waals surface area contributed by atoms with Gasteiger partial charge in [-0.25, -0.2) is 14.2 Å². The Hall–Kier alpha value is -0.940. The molecule has 1 aliphatic rings. The predicted octanol–water partition coefficient (Wildman–Crippen LogP) is 2.21. The van der Waals surface area contributed by atoms with Crippen molar-refractivity contribution in [1.82, 2.24) is 9.97 Å². The minimum atomic E-state index is -0.881. The minimum Gasteiger partial charge on any atom is -0.247 e. The zero-order chi connectivity index (χ0) is 10.4. The Morgan fingerprint density at radius 1 is 1.33 bits per heavy atom. The molecule has 1 unspecified atom stereocenters. The molecule has 3 nitrogen and oxygen atoms in total. The lowest BCUT2D eigenvalue weighted by molar-refractivity contribution is 0.691. The summed E-state index contributed by atoms with van der Waals surface area (Å²) in [6.07, 6.45) is 0. The van der Waals surface area contributed by atoms with Crippen molar-refractivity contribution in [2.75, 3.05) is 0 Å². The van der Waals surface area contributed by atoms with Crippen LogP contribution in [0.15, 0.2) is 23.2 Å². The highest BCUT2D eigenvalue weighted by Crippen LogP contribution is 2.34. The Kier molecular flexibility index (Phi) is 2.03. The maximum Gasteiger partial charge on any atom is 0.132 e. The molecular formula is C10H8N2OS2. The van der Waals surface area contributed by atoms with Crippen LogP contribution in [0.5, 0.6) is 0 Å². The van der Waals surface area contributed by atoms with E-state index < -0.39 is 9.83 Å². The van der Waals surface area contributed by atoms with E-state index in [0.717, 1.165) is 21.8 Å². The van der Waals surface area contributed by atoms with E-state index in [0.29, 0.717) is 5.75 Å². The van der Waals surface area contributed by atoms with Crippen molar-refractivity contribution in [3.05, 3.63) is 29.5 Å². The summed E-state index contributed by atoms with van der Waals surface area (Å²) in [7, 11) is 0.427. The number of hydrogen-bond donors (Lipinski definition) is 0. The van der Waals surface area contributed by atoms with Gasteiger partial charge < -0.3 is 0 Å². The maximum absolute atomic E-state index is 11.3. The minimum absolute atomic E-state index is 0.525. The van der Waals surface area contributed by atoms with Gasteiger partial charge in [0.1, 0.15) is 5.03 Å². The topological polar surface area (TPSA) is 42.9 Å². The highest BCUT2D eigenvalue weighted by Gasteiger charge is 2.21. The largest absolute Gasteiger partial charge is 0.247 e. The lowest BCUT2D eigenvalue weighted by atomic mass is 10.2. The molecule has 1 aliphatic heterocycles. The summed E-state index contributed by atoms with van der Waals surface area (Å²) < 4.78 is 11.3. The molecule has 2 heterocycles. The van der Waals surface area contributed by atoms with E-state index in [2.05, 4.69) is 9.97 Å². The van der Waals surface area contributed by atoms with E-state index in [4.69, 9.17) is 0 Å². The zero-order valence-corrected chi connectivity index (χ0v) is 9.69. The molecule has 1 aromatic carbocycles. The second kappa shape index (κ2) is 3.28. The Labute approximate surface area is 93.2 Å². The van der Waals surface area contributed by atoms with Crippen LogP contribution in [-0.2, 0) is 15.6 Å². The van der Waals surface area contributed by atoms with Crippen LogP contribution in [0.25, 0.3) is 11.0 Å². The first kappa shape index (κ1) is 9.30. The van der Waals surface area contributed by atoms with Gasteiger partial charge in [-0.3, -0.25) is 0 Å². The average Bonchev–Trinajstić information content (AvgIpc) is 2.53. The summed E-state index contributed by atoms with van der Waals surface area (Å²) in [5, 5.41) is 0.824. The quantitative estimate of drug-likeness (QED) is 0.658. The van der Waals surface area contributed by atoms with Crippen LogP contribution in [0.4, 0.5) is 0 Å². The van der Waals surface area contributed by atoms with Crippen LogP contribution in [0.1, 0.15) is 11.3 Å². The van der Waals surface area contributed by atoms with Gasteiger partial charge in [-0.1, -0.05) is 6.07 Å². The summed E-state index contributed by atoms with van der Waals surface area (Å²) in [4.78, 5) is 8.95. The highest BCUT2D eigenvalue weighted by molar-refractivity contribution is 8.69. The van der Waals surface area contributed by atoms with Gasteiger partial charge in [-0.2, -0.15) is 0 Å². The van der Waals surface area contributed by atoms with E-state index in [1.807, 2.05) is 25.1 Å². The van der Waals surface area contributed by atoms with Crippen molar-refractivity contribution in [2.24, 2.45) is 0 Å². The summed E-state index contributed by atoms with van der Waals surface area (Å²) in [6.45, 7) is 2.03. The fourth-order valence-electron chi connectivity index (χ4n) is 1.57. The second-order valence-corrected chi connectivity index (χ2v) is 6.56. The molecule has 0 spiro atoms. The second-order valence-electron chi connectivity index (χ2n) is 3.50. The molecule has 0 saturated heterocycles. The molecule has 0 saturated carbocycles. The van der Waals surface area contributed by atoms with E-state index >= 15 is 0 Å². The van der Waals surface area contributed by atoms with E-state index in [-0.39, 0.29) is 0 Å². The van der Waals surface area contributed by atoms with Gasteiger partial charge in [0.15, 0.2) is 0 Å². The van der Waals surface area contributed by atoms with Gasteiger partial charge in [0, 0.05) is 0 Å². The molecule has 3 rings (SSSR count). The molecule has 0 aliphatic carbocycles. The Balaban J connectivity index is 2.29. The average molecular weight is 236 g/mol. The van der Waals surface area contributed by atoms with Crippen LogP contribution < -0.4 is 0 Å². The lowest BCUT2D eigenvalue weighted by Crippen LogP contribution is -1.92. The van der Waals surface area contributed by atoms with E-state index in [1.165, 1.54) is 16.4 Å². The van der Waals surface area contributed by atoms with Gasteiger partial charge in [0.25, 0.3) is 0 Å². The fourth-order valence-corrected chi connectivity index (χ4v) is 4.12. The number of hydrogen-bond acceptors (Lipinski definition) is 4. The molecular weight excluding hydrogens is 228 g/mol. The molecule has 0 amide bonds. The first-order chi connectivity index (χ1) is 7.22. The van der Waals surface area contributed by atoms with Gasteiger partial charge >= 0.3 is 0 Å². The number of rotatable bonds is 0. The van der Waals surface area contributed by atoms with Crippen molar-refractivity contribution in [2.45, 2.75) is 17.7 Å². The molecule has 1 aromatic heterocycles. The zero-order valence-electron chi connectivity index (χ0n) is 8.06. The fraction of sp³-hybridized carbons (Fsp3) is 0.200. The van der Waals surface area contributed by atoms with E-state index in [1.54, 1.807) is 0 Å². The van der Waals surface area contributed by atoms with Crippen LogP contribution in [0.2, 0.25) is 0 Å². The first-order valence-corrected chi connectivity index (χ1v) is 7.21. The Morgan fingerprint density at radius 3 is 3.07 bits per heavy atom. The van der Waals surface area contributed by atoms with Crippen molar-refractivity contribution in [1.29, 1.82) is 0 Å². The molecule has 5 heteroatoms. The third-order valence-corrected chi connectivity index (χ3v) is 4.85. The number of fused-ring (bicyclic) bond motifs is 2. The summed E-state index contributed by atoms with van der Waals surface area (Å²) in [6, 6.07) is 5.98. The Morgan fingerprint density at radius 2 is 2.20 bits per heavy atom. The first-order valence-electron chi connectivity index (χ1n) is 4.56. The number of nitrogens with zero attached hydrogens (tertiary/aromatic N) is 2.